The van der Waals surface area contributed by atoms with Crippen LogP contribution in [0.3, 0.4) is 0 Å². The summed E-state index contributed by atoms with van der Waals surface area (Å²) < 4.78 is 1.36. The van der Waals surface area contributed by atoms with Gasteiger partial charge in [0.05, 0.1) is 5.39 Å². The number of hydrogen-bond acceptors (Lipinski definition) is 4. The Labute approximate surface area is 148 Å². The molecular formula is C19H15N5O2. The van der Waals surface area contributed by atoms with Gasteiger partial charge in [-0.3, -0.25) is 14.7 Å². The average Bonchev–Trinajstić information content (AvgIpc) is 3.07. The van der Waals surface area contributed by atoms with Gasteiger partial charge in [-0.15, -0.1) is 0 Å². The van der Waals surface area contributed by atoms with Gasteiger partial charge in [0.15, 0.2) is 5.65 Å². The van der Waals surface area contributed by atoms with E-state index in [4.69, 9.17) is 0 Å². The highest BCUT2D eigenvalue weighted by atomic mass is 16.2. The molecule has 128 valence electrons. The van der Waals surface area contributed by atoms with E-state index >= 15 is 0 Å². The van der Waals surface area contributed by atoms with Gasteiger partial charge in [-0.2, -0.15) is 5.10 Å². The Morgan fingerprint density at radius 1 is 1.12 bits per heavy atom. The topological polar surface area (TPSA) is 92.7 Å². The number of carbonyl (C=O) groups is 1. The minimum atomic E-state index is -0.500. The largest absolute Gasteiger partial charge is 0.318 e. The van der Waals surface area contributed by atoms with E-state index in [0.29, 0.717) is 16.9 Å². The lowest BCUT2D eigenvalue weighted by atomic mass is 10.0. The number of amides is 1. The minimum absolute atomic E-state index is 0.0582. The van der Waals surface area contributed by atoms with Crippen molar-refractivity contribution in [2.24, 2.45) is 7.05 Å². The van der Waals surface area contributed by atoms with Crippen molar-refractivity contribution in [2.45, 2.75) is 0 Å². The van der Waals surface area contributed by atoms with Crippen LogP contribution in [0.15, 0.2) is 65.7 Å². The van der Waals surface area contributed by atoms with Crippen molar-refractivity contribution < 1.29 is 4.79 Å². The molecule has 26 heavy (non-hydrogen) atoms. The second-order valence-corrected chi connectivity index (χ2v) is 5.81. The number of carbonyl (C=O) groups excluding carboxylic acids is 1. The standard InChI is InChI=1S/C19H15N5O2/c1-24-11-5-8-14(19(24)26)18(25)21-17-15-13(12-6-3-2-4-7-12)9-10-20-16(15)22-23-17/h2-11H,1H3,(H2,20,21,22,23,25). The maximum absolute atomic E-state index is 12.6. The number of rotatable bonds is 3. The summed E-state index contributed by atoms with van der Waals surface area (Å²) in [5.41, 5.74) is 2.05. The van der Waals surface area contributed by atoms with Gasteiger partial charge in [-0.1, -0.05) is 30.3 Å². The van der Waals surface area contributed by atoms with Crippen molar-refractivity contribution in [3.05, 3.63) is 76.8 Å². The highest BCUT2D eigenvalue weighted by molar-refractivity contribution is 6.10. The molecule has 7 heteroatoms. The first-order valence-electron chi connectivity index (χ1n) is 8.00. The Balaban J connectivity index is 1.80. The van der Waals surface area contributed by atoms with Crippen molar-refractivity contribution >= 4 is 22.8 Å². The third-order valence-corrected chi connectivity index (χ3v) is 4.15. The maximum Gasteiger partial charge on any atom is 0.263 e. The van der Waals surface area contributed by atoms with Gasteiger partial charge in [0, 0.05) is 19.4 Å². The highest BCUT2D eigenvalue weighted by Gasteiger charge is 2.17. The highest BCUT2D eigenvalue weighted by Crippen LogP contribution is 2.31. The summed E-state index contributed by atoms with van der Waals surface area (Å²) in [5.74, 6) is -0.0949. The quantitative estimate of drug-likeness (QED) is 0.597. The zero-order valence-corrected chi connectivity index (χ0v) is 13.9. The minimum Gasteiger partial charge on any atom is -0.318 e. The van der Waals surface area contributed by atoms with Gasteiger partial charge in [0.1, 0.15) is 11.4 Å². The van der Waals surface area contributed by atoms with Gasteiger partial charge in [0.25, 0.3) is 11.5 Å². The summed E-state index contributed by atoms with van der Waals surface area (Å²) in [5, 5.41) is 10.4. The summed E-state index contributed by atoms with van der Waals surface area (Å²) in [7, 11) is 1.60. The van der Waals surface area contributed by atoms with E-state index < -0.39 is 5.91 Å². The molecule has 3 heterocycles. The predicted molar refractivity (Wildman–Crippen MR) is 99.0 cm³/mol. The van der Waals surface area contributed by atoms with Gasteiger partial charge >= 0.3 is 0 Å². The van der Waals surface area contributed by atoms with Gasteiger partial charge < -0.3 is 9.88 Å². The van der Waals surface area contributed by atoms with Crippen LogP contribution in [0.25, 0.3) is 22.2 Å². The van der Waals surface area contributed by atoms with Crippen LogP contribution in [0.5, 0.6) is 0 Å². The molecule has 4 rings (SSSR count). The second-order valence-electron chi connectivity index (χ2n) is 5.81. The van der Waals surface area contributed by atoms with Crippen LogP contribution in [0.4, 0.5) is 5.82 Å². The van der Waals surface area contributed by atoms with Crippen molar-refractivity contribution in [1.82, 2.24) is 19.7 Å². The molecule has 0 aliphatic heterocycles. The predicted octanol–water partition coefficient (Wildman–Crippen LogP) is 2.58. The fraction of sp³-hybridized carbons (Fsp3) is 0.0526. The van der Waals surface area contributed by atoms with Crippen LogP contribution in [0.1, 0.15) is 10.4 Å². The molecule has 2 N–H and O–H groups in total. The SMILES string of the molecule is Cn1cccc(C(=O)Nc2[nH]nc3nccc(-c4ccccc4)c23)c1=O. The first kappa shape index (κ1) is 15.8. The summed E-state index contributed by atoms with van der Waals surface area (Å²) in [4.78, 5) is 29.0. The summed E-state index contributed by atoms with van der Waals surface area (Å²) in [6.45, 7) is 0. The normalized spacial score (nSPS) is 10.8. The number of aryl methyl sites for hydroxylation is 1. The molecule has 0 fully saturated rings. The monoisotopic (exact) mass is 345 g/mol. The molecular weight excluding hydrogens is 330 g/mol. The van der Waals surface area contributed by atoms with Gasteiger partial charge in [-0.25, -0.2) is 4.98 Å². The molecule has 1 aromatic carbocycles. The molecule has 4 aromatic rings. The molecule has 0 aliphatic carbocycles. The first-order chi connectivity index (χ1) is 12.6. The molecule has 0 atom stereocenters. The number of fused-ring (bicyclic) bond motifs is 1. The molecule has 0 saturated carbocycles. The fourth-order valence-electron chi connectivity index (χ4n) is 2.85. The van der Waals surface area contributed by atoms with Crippen LogP contribution < -0.4 is 10.9 Å². The number of hydrogen-bond donors (Lipinski definition) is 2. The number of nitrogens with one attached hydrogen (secondary N) is 2. The van der Waals surface area contributed by atoms with Crippen molar-refractivity contribution in [1.29, 1.82) is 0 Å². The van der Waals surface area contributed by atoms with Crippen LogP contribution in [-0.4, -0.2) is 25.7 Å². The molecule has 0 aliphatic rings. The van der Waals surface area contributed by atoms with E-state index in [1.807, 2.05) is 36.4 Å². The van der Waals surface area contributed by atoms with E-state index in [0.717, 1.165) is 11.1 Å². The Kier molecular flexibility index (Phi) is 3.81. The molecule has 0 spiro atoms. The van der Waals surface area contributed by atoms with Gasteiger partial charge in [-0.05, 0) is 29.3 Å². The molecule has 0 unspecified atom stereocenters. The fourth-order valence-corrected chi connectivity index (χ4v) is 2.85. The number of benzene rings is 1. The zero-order chi connectivity index (χ0) is 18.1. The Morgan fingerprint density at radius 3 is 2.73 bits per heavy atom. The molecule has 0 saturated heterocycles. The van der Waals surface area contributed by atoms with Crippen molar-refractivity contribution in [3.63, 3.8) is 0 Å². The Hall–Kier alpha value is -3.74. The molecule has 0 bridgehead atoms. The average molecular weight is 345 g/mol. The lowest BCUT2D eigenvalue weighted by Gasteiger charge is -2.07. The number of anilines is 1. The van der Waals surface area contributed by atoms with E-state index in [9.17, 15) is 9.59 Å². The summed E-state index contributed by atoms with van der Waals surface area (Å²) in [6, 6.07) is 14.8. The summed E-state index contributed by atoms with van der Waals surface area (Å²) in [6.07, 6.45) is 3.27. The smallest absolute Gasteiger partial charge is 0.263 e. The van der Waals surface area contributed by atoms with E-state index in [2.05, 4.69) is 20.5 Å². The Morgan fingerprint density at radius 2 is 1.92 bits per heavy atom. The lowest BCUT2D eigenvalue weighted by Crippen LogP contribution is -2.27. The number of aromatic nitrogens is 4. The lowest BCUT2D eigenvalue weighted by molar-refractivity contribution is 0.102. The van der Waals surface area contributed by atoms with Crippen molar-refractivity contribution in [3.8, 4) is 11.1 Å². The molecule has 3 aromatic heterocycles. The Bertz CT molecular complexity index is 1160. The number of aromatic amines is 1. The van der Waals surface area contributed by atoms with Crippen LogP contribution in [-0.2, 0) is 7.05 Å². The molecule has 0 radical (unpaired) electrons. The van der Waals surface area contributed by atoms with E-state index in [1.54, 1.807) is 25.5 Å². The third-order valence-electron chi connectivity index (χ3n) is 4.15. The molecule has 7 nitrogen and oxygen atoms in total. The first-order valence-corrected chi connectivity index (χ1v) is 8.00. The second kappa shape index (κ2) is 6.29. The van der Waals surface area contributed by atoms with E-state index in [1.165, 1.54) is 10.6 Å². The van der Waals surface area contributed by atoms with E-state index in [-0.39, 0.29) is 11.1 Å². The molecule has 1 amide bonds. The zero-order valence-electron chi connectivity index (χ0n) is 13.9. The number of nitrogens with zero attached hydrogens (tertiary/aromatic N) is 3. The van der Waals surface area contributed by atoms with Crippen LogP contribution >= 0.6 is 0 Å². The number of H-pyrrole nitrogens is 1. The summed E-state index contributed by atoms with van der Waals surface area (Å²) >= 11 is 0. The van der Waals surface area contributed by atoms with Crippen LogP contribution in [0, 0.1) is 0 Å². The number of pyridine rings is 2. The maximum atomic E-state index is 12.6. The van der Waals surface area contributed by atoms with Crippen molar-refractivity contribution in [2.75, 3.05) is 5.32 Å². The third kappa shape index (κ3) is 2.65. The van der Waals surface area contributed by atoms with Crippen LogP contribution in [0.2, 0.25) is 0 Å². The van der Waals surface area contributed by atoms with Gasteiger partial charge in [0.2, 0.25) is 0 Å².